The van der Waals surface area contributed by atoms with Gasteiger partial charge in [-0.1, -0.05) is 43.3 Å². The maximum Gasteiger partial charge on any atom is 0.256 e. The molecule has 0 saturated carbocycles. The third-order valence-corrected chi connectivity index (χ3v) is 4.22. The summed E-state index contributed by atoms with van der Waals surface area (Å²) in [6.45, 7) is 2.15. The van der Waals surface area contributed by atoms with Gasteiger partial charge in [-0.3, -0.25) is 4.79 Å². The number of anilines is 1. The molecule has 0 atom stereocenters. The quantitative estimate of drug-likeness (QED) is 0.681. The summed E-state index contributed by atoms with van der Waals surface area (Å²) in [7, 11) is 0. The molecule has 1 aliphatic heterocycles. The van der Waals surface area contributed by atoms with Gasteiger partial charge in [-0.15, -0.1) is 0 Å². The predicted octanol–water partition coefficient (Wildman–Crippen LogP) is 4.22. The molecule has 2 heterocycles. The second-order valence-corrected chi connectivity index (χ2v) is 5.49. The first-order valence-corrected chi connectivity index (χ1v) is 7.49. The van der Waals surface area contributed by atoms with Crippen molar-refractivity contribution in [2.75, 3.05) is 5.32 Å². The zero-order valence-corrected chi connectivity index (χ0v) is 12.3. The van der Waals surface area contributed by atoms with Crippen molar-refractivity contribution in [1.82, 2.24) is 4.98 Å². The Kier molecular flexibility index (Phi) is 2.86. The van der Waals surface area contributed by atoms with Crippen molar-refractivity contribution < 1.29 is 4.79 Å². The zero-order chi connectivity index (χ0) is 15.1. The van der Waals surface area contributed by atoms with E-state index in [9.17, 15) is 4.79 Å². The molecule has 3 aromatic rings. The van der Waals surface area contributed by atoms with Crippen molar-refractivity contribution in [3.63, 3.8) is 0 Å². The van der Waals surface area contributed by atoms with Crippen molar-refractivity contribution in [2.45, 2.75) is 13.3 Å². The second-order valence-electron chi connectivity index (χ2n) is 5.49. The molecule has 0 fully saturated rings. The fraction of sp³-hybridized carbons (Fsp3) is 0.105. The molecular formula is C19H16N2O. The number of benzene rings is 2. The summed E-state index contributed by atoms with van der Waals surface area (Å²) in [5.41, 5.74) is 6.06. The van der Waals surface area contributed by atoms with Gasteiger partial charge in [0.25, 0.3) is 5.91 Å². The number of hydrogen-bond acceptors (Lipinski definition) is 1. The largest absolute Gasteiger partial charge is 0.360 e. The normalized spacial score (nSPS) is 15.3. The standard InChI is InChI=1S/C19H16N2O/c1-2-12-6-5-8-14-13(11-20-18(12)14)10-16-15-7-3-4-9-17(15)21-19(16)22/h3-11,20H,2H2,1H3,(H,21,22)/b16-10+. The van der Waals surface area contributed by atoms with E-state index >= 15 is 0 Å². The van der Waals surface area contributed by atoms with Crippen LogP contribution in [-0.2, 0) is 11.2 Å². The van der Waals surface area contributed by atoms with Crippen LogP contribution in [0.4, 0.5) is 5.69 Å². The average Bonchev–Trinajstić information content (AvgIpc) is 3.09. The van der Waals surface area contributed by atoms with Crippen molar-refractivity contribution in [3.05, 3.63) is 65.4 Å². The highest BCUT2D eigenvalue weighted by molar-refractivity contribution is 6.35. The molecule has 1 aromatic heterocycles. The van der Waals surface area contributed by atoms with Crippen LogP contribution in [0.25, 0.3) is 22.6 Å². The van der Waals surface area contributed by atoms with Crippen LogP contribution in [0, 0.1) is 0 Å². The first kappa shape index (κ1) is 12.9. The second kappa shape index (κ2) is 4.88. The van der Waals surface area contributed by atoms with Crippen LogP contribution < -0.4 is 5.32 Å². The Morgan fingerprint density at radius 3 is 2.82 bits per heavy atom. The molecule has 3 heteroatoms. The molecular weight excluding hydrogens is 272 g/mol. The number of rotatable bonds is 2. The monoisotopic (exact) mass is 288 g/mol. The summed E-state index contributed by atoms with van der Waals surface area (Å²) in [5, 5.41) is 4.07. The number of aromatic nitrogens is 1. The van der Waals surface area contributed by atoms with E-state index in [2.05, 4.69) is 35.4 Å². The minimum absolute atomic E-state index is 0.0396. The molecule has 0 saturated heterocycles. The Morgan fingerprint density at radius 2 is 1.95 bits per heavy atom. The Hall–Kier alpha value is -2.81. The number of hydrogen-bond donors (Lipinski definition) is 2. The Balaban J connectivity index is 1.89. The van der Waals surface area contributed by atoms with E-state index in [-0.39, 0.29) is 5.91 Å². The average molecular weight is 288 g/mol. The van der Waals surface area contributed by atoms with Crippen LogP contribution in [0.5, 0.6) is 0 Å². The maximum atomic E-state index is 12.2. The van der Waals surface area contributed by atoms with Gasteiger partial charge in [0.15, 0.2) is 0 Å². The topological polar surface area (TPSA) is 44.9 Å². The van der Waals surface area contributed by atoms with E-state index in [1.54, 1.807) is 0 Å². The maximum absolute atomic E-state index is 12.2. The molecule has 3 nitrogen and oxygen atoms in total. The lowest BCUT2D eigenvalue weighted by molar-refractivity contribution is -0.110. The van der Waals surface area contributed by atoms with Crippen LogP contribution in [0.3, 0.4) is 0 Å². The molecule has 0 unspecified atom stereocenters. The van der Waals surface area contributed by atoms with Gasteiger partial charge in [-0.05, 0) is 24.1 Å². The number of aromatic amines is 1. The molecule has 0 aliphatic carbocycles. The highest BCUT2D eigenvalue weighted by atomic mass is 16.2. The SMILES string of the molecule is CCc1cccc2c(/C=C3/C(=O)Nc4ccccc43)c[nH]c12. The summed E-state index contributed by atoms with van der Waals surface area (Å²) in [6.07, 6.45) is 4.93. The number of H-pyrrole nitrogens is 1. The molecule has 22 heavy (non-hydrogen) atoms. The first-order chi connectivity index (χ1) is 10.8. The molecule has 4 rings (SSSR count). The van der Waals surface area contributed by atoms with E-state index in [0.717, 1.165) is 39.7 Å². The highest BCUT2D eigenvalue weighted by Crippen LogP contribution is 2.34. The van der Waals surface area contributed by atoms with Gasteiger partial charge in [0.2, 0.25) is 0 Å². The molecule has 0 spiro atoms. The van der Waals surface area contributed by atoms with Crippen molar-refractivity contribution in [1.29, 1.82) is 0 Å². The van der Waals surface area contributed by atoms with E-state index in [4.69, 9.17) is 0 Å². The lowest BCUT2D eigenvalue weighted by Crippen LogP contribution is -2.03. The number of para-hydroxylation sites is 2. The number of carbonyl (C=O) groups is 1. The van der Waals surface area contributed by atoms with E-state index in [1.807, 2.05) is 36.5 Å². The number of fused-ring (bicyclic) bond motifs is 2. The summed E-state index contributed by atoms with van der Waals surface area (Å²) < 4.78 is 0. The Labute approximate surface area is 128 Å². The van der Waals surface area contributed by atoms with E-state index < -0.39 is 0 Å². The minimum atomic E-state index is -0.0396. The van der Waals surface area contributed by atoms with Gasteiger partial charge in [0, 0.05) is 39.5 Å². The van der Waals surface area contributed by atoms with E-state index in [0.29, 0.717) is 0 Å². The molecule has 108 valence electrons. The first-order valence-electron chi connectivity index (χ1n) is 7.49. The van der Waals surface area contributed by atoms with Gasteiger partial charge in [-0.25, -0.2) is 0 Å². The molecule has 1 amide bonds. The van der Waals surface area contributed by atoms with Crippen molar-refractivity contribution in [3.8, 4) is 0 Å². The van der Waals surface area contributed by atoms with Crippen LogP contribution in [0.15, 0.2) is 48.7 Å². The van der Waals surface area contributed by atoms with E-state index in [1.165, 1.54) is 5.56 Å². The Morgan fingerprint density at radius 1 is 1.09 bits per heavy atom. The third-order valence-electron chi connectivity index (χ3n) is 4.22. The van der Waals surface area contributed by atoms with Gasteiger partial charge in [-0.2, -0.15) is 0 Å². The summed E-state index contributed by atoms with van der Waals surface area (Å²) in [5.74, 6) is -0.0396. The molecule has 2 aromatic carbocycles. The van der Waals surface area contributed by atoms with Crippen LogP contribution in [0.1, 0.15) is 23.6 Å². The predicted molar refractivity (Wildman–Crippen MR) is 90.6 cm³/mol. The van der Waals surface area contributed by atoms with Gasteiger partial charge >= 0.3 is 0 Å². The number of aryl methyl sites for hydroxylation is 1. The van der Waals surface area contributed by atoms with Crippen LogP contribution in [0.2, 0.25) is 0 Å². The smallest absolute Gasteiger partial charge is 0.256 e. The zero-order valence-electron chi connectivity index (χ0n) is 12.3. The molecule has 1 aliphatic rings. The fourth-order valence-corrected chi connectivity index (χ4v) is 3.09. The number of amides is 1. The summed E-state index contributed by atoms with van der Waals surface area (Å²) in [6, 6.07) is 14.1. The fourth-order valence-electron chi connectivity index (χ4n) is 3.09. The van der Waals surface area contributed by atoms with Gasteiger partial charge < -0.3 is 10.3 Å². The van der Waals surface area contributed by atoms with Gasteiger partial charge in [0.1, 0.15) is 0 Å². The Bertz CT molecular complexity index is 918. The van der Waals surface area contributed by atoms with Crippen LogP contribution in [-0.4, -0.2) is 10.9 Å². The number of carbonyl (C=O) groups excluding carboxylic acids is 1. The van der Waals surface area contributed by atoms with Gasteiger partial charge in [0.05, 0.1) is 0 Å². The minimum Gasteiger partial charge on any atom is -0.360 e. The molecule has 0 bridgehead atoms. The lowest BCUT2D eigenvalue weighted by Gasteiger charge is -2.00. The lowest BCUT2D eigenvalue weighted by atomic mass is 10.0. The van der Waals surface area contributed by atoms with Crippen LogP contribution >= 0.6 is 0 Å². The number of nitrogens with one attached hydrogen (secondary N) is 2. The molecule has 2 N–H and O–H groups in total. The van der Waals surface area contributed by atoms with Crippen molar-refractivity contribution in [2.24, 2.45) is 0 Å². The summed E-state index contributed by atoms with van der Waals surface area (Å²) in [4.78, 5) is 15.6. The molecule has 0 radical (unpaired) electrons. The highest BCUT2D eigenvalue weighted by Gasteiger charge is 2.23. The third kappa shape index (κ3) is 1.86. The summed E-state index contributed by atoms with van der Waals surface area (Å²) >= 11 is 0. The van der Waals surface area contributed by atoms with Crippen molar-refractivity contribution >= 4 is 34.1 Å².